The summed E-state index contributed by atoms with van der Waals surface area (Å²) in [5.41, 5.74) is 0.0382. The summed E-state index contributed by atoms with van der Waals surface area (Å²) in [6, 6.07) is 2.30. The smallest absolute Gasteiger partial charge is 0.136 e. The summed E-state index contributed by atoms with van der Waals surface area (Å²) < 4.78 is 0. The highest BCUT2D eigenvalue weighted by molar-refractivity contribution is 5.85. The zero-order valence-corrected chi connectivity index (χ0v) is 6.63. The van der Waals surface area contributed by atoms with Crippen LogP contribution in [0.3, 0.4) is 0 Å². The normalized spacial score (nSPS) is 47.8. The summed E-state index contributed by atoms with van der Waals surface area (Å²) in [5, 5.41) is 8.78. The van der Waals surface area contributed by atoms with Crippen molar-refractivity contribution in [3.05, 3.63) is 0 Å². The number of ketones is 1. The number of Topliss-reactive ketones (excluding diaryl/α,β-unsaturated/α-hetero) is 1. The number of hydrogen-bond donors (Lipinski definition) is 0. The Balaban J connectivity index is 2.30. The molecule has 3 atom stereocenters. The summed E-state index contributed by atoms with van der Waals surface area (Å²) in [7, 11) is 0. The number of carbonyl (C=O) groups is 1. The monoisotopic (exact) mass is 149 g/mol. The van der Waals surface area contributed by atoms with E-state index in [1.165, 1.54) is 0 Å². The molecule has 0 aromatic heterocycles. The van der Waals surface area contributed by atoms with E-state index < -0.39 is 0 Å². The fourth-order valence-corrected chi connectivity index (χ4v) is 2.55. The van der Waals surface area contributed by atoms with Gasteiger partial charge in [0.15, 0.2) is 0 Å². The molecule has 2 aliphatic rings. The first-order valence-electron chi connectivity index (χ1n) is 4.08. The Labute approximate surface area is 66.2 Å². The van der Waals surface area contributed by atoms with Crippen molar-refractivity contribution in [3.8, 4) is 6.07 Å². The van der Waals surface area contributed by atoms with Gasteiger partial charge in [0.25, 0.3) is 0 Å². The average Bonchev–Trinajstić information content (AvgIpc) is 2.38. The van der Waals surface area contributed by atoms with Crippen LogP contribution in [0.1, 0.15) is 26.2 Å². The molecule has 2 saturated carbocycles. The van der Waals surface area contributed by atoms with Crippen LogP contribution >= 0.6 is 0 Å². The lowest BCUT2D eigenvalue weighted by Crippen LogP contribution is -2.24. The van der Waals surface area contributed by atoms with Crippen LogP contribution in [0.4, 0.5) is 0 Å². The molecule has 0 heterocycles. The minimum absolute atomic E-state index is 0.0382. The zero-order chi connectivity index (χ0) is 8.06. The summed E-state index contributed by atoms with van der Waals surface area (Å²) in [4.78, 5) is 11.2. The van der Waals surface area contributed by atoms with Gasteiger partial charge >= 0.3 is 0 Å². The number of nitriles is 1. The molecular weight excluding hydrogens is 138 g/mol. The Morgan fingerprint density at radius 3 is 2.82 bits per heavy atom. The highest BCUT2D eigenvalue weighted by atomic mass is 16.1. The first-order chi connectivity index (χ1) is 5.15. The topological polar surface area (TPSA) is 40.9 Å². The van der Waals surface area contributed by atoms with Gasteiger partial charge in [-0.1, -0.05) is 6.92 Å². The molecule has 2 fully saturated rings. The molecule has 2 rings (SSSR count). The highest BCUT2D eigenvalue weighted by Gasteiger charge is 2.53. The molecule has 11 heavy (non-hydrogen) atoms. The van der Waals surface area contributed by atoms with Crippen molar-refractivity contribution >= 4 is 5.78 Å². The van der Waals surface area contributed by atoms with Crippen LogP contribution < -0.4 is 0 Å². The van der Waals surface area contributed by atoms with E-state index in [0.717, 1.165) is 12.8 Å². The predicted molar refractivity (Wildman–Crippen MR) is 39.6 cm³/mol. The lowest BCUT2D eigenvalue weighted by Gasteiger charge is -2.24. The van der Waals surface area contributed by atoms with Gasteiger partial charge in [0.2, 0.25) is 0 Å². The molecule has 0 aromatic rings. The first-order valence-corrected chi connectivity index (χ1v) is 4.08. The second-order valence-corrected chi connectivity index (χ2v) is 4.12. The van der Waals surface area contributed by atoms with Gasteiger partial charge in [-0.05, 0) is 18.3 Å². The van der Waals surface area contributed by atoms with Gasteiger partial charge in [0.05, 0.1) is 12.0 Å². The van der Waals surface area contributed by atoms with Crippen LogP contribution in [0.2, 0.25) is 0 Å². The fraction of sp³-hybridized carbons (Fsp3) is 0.778. The Kier molecular flexibility index (Phi) is 1.15. The molecular formula is C9H11NO. The van der Waals surface area contributed by atoms with Crippen molar-refractivity contribution in [2.75, 3.05) is 0 Å². The first kappa shape index (κ1) is 6.84. The lowest BCUT2D eigenvalue weighted by molar-refractivity contribution is -0.122. The number of nitrogens with zero attached hydrogens (tertiary/aromatic N) is 1. The van der Waals surface area contributed by atoms with Crippen LogP contribution in [-0.2, 0) is 4.79 Å². The minimum Gasteiger partial charge on any atom is -0.299 e. The summed E-state index contributed by atoms with van der Waals surface area (Å²) >= 11 is 0. The number of carbonyl (C=O) groups excluding carboxylic acids is 1. The van der Waals surface area contributed by atoms with E-state index in [1.807, 2.05) is 0 Å². The van der Waals surface area contributed by atoms with E-state index in [4.69, 9.17) is 5.26 Å². The highest BCUT2D eigenvalue weighted by Crippen LogP contribution is 2.55. The van der Waals surface area contributed by atoms with E-state index in [9.17, 15) is 4.79 Å². The summed E-state index contributed by atoms with van der Waals surface area (Å²) in [6.07, 6.45) is 2.44. The van der Waals surface area contributed by atoms with Crippen LogP contribution in [0.25, 0.3) is 0 Å². The fourth-order valence-electron chi connectivity index (χ4n) is 2.55. The van der Waals surface area contributed by atoms with E-state index >= 15 is 0 Å². The second kappa shape index (κ2) is 1.85. The van der Waals surface area contributed by atoms with Crippen molar-refractivity contribution in [1.29, 1.82) is 5.26 Å². The van der Waals surface area contributed by atoms with Gasteiger partial charge in [0.1, 0.15) is 5.78 Å². The number of hydrogen-bond acceptors (Lipinski definition) is 2. The summed E-state index contributed by atoms with van der Waals surface area (Å²) in [5.74, 6) is 0.758. The molecule has 0 spiro atoms. The molecule has 0 aliphatic heterocycles. The van der Waals surface area contributed by atoms with Crippen LogP contribution in [-0.4, -0.2) is 5.78 Å². The van der Waals surface area contributed by atoms with E-state index in [-0.39, 0.29) is 17.3 Å². The van der Waals surface area contributed by atoms with Crippen molar-refractivity contribution in [2.45, 2.75) is 26.2 Å². The molecule has 2 heteroatoms. The maximum absolute atomic E-state index is 11.2. The molecule has 0 saturated heterocycles. The third-order valence-corrected chi connectivity index (χ3v) is 3.26. The standard InChI is InChI=1S/C9H11NO/c1-9-3-6(8(11)4-9)2-7(9)5-10/h6-7H,2-4H2,1H3. The average molecular weight is 149 g/mol. The van der Waals surface area contributed by atoms with E-state index in [0.29, 0.717) is 12.2 Å². The SMILES string of the molecule is CC12CC(=O)C(CC1C#N)C2. The number of rotatable bonds is 0. The van der Waals surface area contributed by atoms with Gasteiger partial charge in [0, 0.05) is 12.3 Å². The van der Waals surface area contributed by atoms with Crippen LogP contribution in [0.15, 0.2) is 0 Å². The quantitative estimate of drug-likeness (QED) is 0.524. The Morgan fingerprint density at radius 2 is 2.45 bits per heavy atom. The van der Waals surface area contributed by atoms with Crippen molar-refractivity contribution < 1.29 is 4.79 Å². The third-order valence-electron chi connectivity index (χ3n) is 3.26. The largest absolute Gasteiger partial charge is 0.299 e. The predicted octanol–water partition coefficient (Wildman–Crippen LogP) is 1.52. The van der Waals surface area contributed by atoms with Gasteiger partial charge in [-0.2, -0.15) is 5.26 Å². The molecule has 0 aromatic carbocycles. The molecule has 0 N–H and O–H groups in total. The molecule has 0 radical (unpaired) electrons. The van der Waals surface area contributed by atoms with E-state index in [2.05, 4.69) is 13.0 Å². The molecule has 2 aliphatic carbocycles. The van der Waals surface area contributed by atoms with Crippen molar-refractivity contribution in [1.82, 2.24) is 0 Å². The third kappa shape index (κ3) is 0.742. The molecule has 3 unspecified atom stereocenters. The van der Waals surface area contributed by atoms with Crippen LogP contribution in [0, 0.1) is 28.6 Å². The van der Waals surface area contributed by atoms with Gasteiger partial charge in [-0.25, -0.2) is 0 Å². The van der Waals surface area contributed by atoms with E-state index in [1.54, 1.807) is 0 Å². The van der Waals surface area contributed by atoms with Gasteiger partial charge in [-0.15, -0.1) is 0 Å². The molecule has 2 bridgehead atoms. The van der Waals surface area contributed by atoms with Crippen LogP contribution in [0.5, 0.6) is 0 Å². The molecule has 2 nitrogen and oxygen atoms in total. The zero-order valence-electron chi connectivity index (χ0n) is 6.63. The molecule has 0 amide bonds. The Bertz CT molecular complexity index is 253. The Hall–Kier alpha value is -0.840. The van der Waals surface area contributed by atoms with Crippen molar-refractivity contribution in [2.24, 2.45) is 17.3 Å². The lowest BCUT2D eigenvalue weighted by atomic mass is 9.77. The summed E-state index contributed by atoms with van der Waals surface area (Å²) in [6.45, 7) is 2.08. The van der Waals surface area contributed by atoms with Crippen molar-refractivity contribution in [3.63, 3.8) is 0 Å². The number of fused-ring (bicyclic) bond motifs is 2. The minimum atomic E-state index is 0.0382. The maximum Gasteiger partial charge on any atom is 0.136 e. The van der Waals surface area contributed by atoms with Gasteiger partial charge < -0.3 is 0 Å². The second-order valence-electron chi connectivity index (χ2n) is 4.12. The maximum atomic E-state index is 11.2. The Morgan fingerprint density at radius 1 is 1.73 bits per heavy atom. The molecule has 58 valence electrons. The van der Waals surface area contributed by atoms with Gasteiger partial charge in [-0.3, -0.25) is 4.79 Å².